The van der Waals surface area contributed by atoms with Gasteiger partial charge in [-0.1, -0.05) is 42.9 Å². The number of esters is 1. The van der Waals surface area contributed by atoms with Gasteiger partial charge in [-0.2, -0.15) is 0 Å². The highest BCUT2D eigenvalue weighted by atomic mass is 32.1. The summed E-state index contributed by atoms with van der Waals surface area (Å²) in [7, 11) is 0. The van der Waals surface area contributed by atoms with E-state index in [1.807, 2.05) is 37.3 Å². The molecule has 216 valence electrons. The lowest BCUT2D eigenvalue weighted by atomic mass is 9.94. The van der Waals surface area contributed by atoms with Crippen molar-refractivity contribution in [3.05, 3.63) is 108 Å². The van der Waals surface area contributed by atoms with Crippen LogP contribution in [0.2, 0.25) is 0 Å². The zero-order valence-electron chi connectivity index (χ0n) is 24.4. The molecule has 2 aliphatic rings. The number of carbonyl (C=O) groups is 1. The molecule has 2 aliphatic heterocycles. The molecule has 0 spiro atoms. The molecular formula is C33H33N3O5S. The van der Waals surface area contributed by atoms with E-state index in [0.29, 0.717) is 38.5 Å². The van der Waals surface area contributed by atoms with Crippen molar-refractivity contribution in [2.24, 2.45) is 4.99 Å². The van der Waals surface area contributed by atoms with Crippen molar-refractivity contribution in [1.29, 1.82) is 0 Å². The first-order chi connectivity index (χ1) is 20.3. The molecule has 0 aliphatic carbocycles. The van der Waals surface area contributed by atoms with Gasteiger partial charge >= 0.3 is 5.97 Å². The number of carbonyl (C=O) groups excluding carboxylic acids is 1. The van der Waals surface area contributed by atoms with Crippen LogP contribution >= 0.6 is 11.3 Å². The third-order valence-electron chi connectivity index (χ3n) is 7.62. The Hall–Kier alpha value is -4.37. The maximum atomic E-state index is 14.2. The lowest BCUT2D eigenvalue weighted by Crippen LogP contribution is -2.40. The largest absolute Gasteiger partial charge is 0.463 e. The van der Waals surface area contributed by atoms with Gasteiger partial charge in [0.1, 0.15) is 0 Å². The van der Waals surface area contributed by atoms with E-state index < -0.39 is 12.0 Å². The summed E-state index contributed by atoms with van der Waals surface area (Å²) in [5.41, 5.74) is 6.88. The van der Waals surface area contributed by atoms with E-state index in [2.05, 4.69) is 49.6 Å². The van der Waals surface area contributed by atoms with Crippen molar-refractivity contribution < 1.29 is 19.0 Å². The summed E-state index contributed by atoms with van der Waals surface area (Å²) in [6.07, 6.45) is 3.30. The van der Waals surface area contributed by atoms with E-state index in [1.54, 1.807) is 11.5 Å². The van der Waals surface area contributed by atoms with Gasteiger partial charge in [0.15, 0.2) is 16.3 Å². The van der Waals surface area contributed by atoms with Crippen LogP contribution in [0.1, 0.15) is 60.8 Å². The number of allylic oxidation sites excluding steroid dienone is 1. The zero-order chi connectivity index (χ0) is 29.5. The van der Waals surface area contributed by atoms with Gasteiger partial charge in [-0.25, -0.2) is 9.79 Å². The Bertz CT molecular complexity index is 1930. The molecule has 2 aromatic carbocycles. The standard InChI is InChI=1S/C33H33N3O5S/c1-6-9-25-29(32(38)39-7-2)30(22-12-13-26-27(16-22)41-18-40-26)36-31(37)28(42-33(36)34-25)17-23-15-20(4)35(21(23)5)24-11-8-10-19(3)14-24/h8,10-17,30H,6-7,9,18H2,1-5H3/b28-17+/t30-/m1/s1. The highest BCUT2D eigenvalue weighted by Gasteiger charge is 2.35. The van der Waals surface area contributed by atoms with Crippen molar-refractivity contribution in [3.63, 3.8) is 0 Å². The Kier molecular flexibility index (Phi) is 7.36. The van der Waals surface area contributed by atoms with E-state index in [0.717, 1.165) is 34.6 Å². The van der Waals surface area contributed by atoms with Gasteiger partial charge < -0.3 is 18.8 Å². The minimum Gasteiger partial charge on any atom is -0.463 e. The number of hydrogen-bond acceptors (Lipinski definition) is 7. The molecule has 0 fully saturated rings. The van der Waals surface area contributed by atoms with Gasteiger partial charge in [0.05, 0.1) is 28.5 Å². The van der Waals surface area contributed by atoms with Gasteiger partial charge in [0.25, 0.3) is 5.56 Å². The van der Waals surface area contributed by atoms with Crippen molar-refractivity contribution in [3.8, 4) is 17.2 Å². The molecule has 0 bridgehead atoms. The number of aromatic nitrogens is 2. The van der Waals surface area contributed by atoms with Gasteiger partial charge in [0, 0.05) is 17.1 Å². The predicted octanol–water partition coefficient (Wildman–Crippen LogP) is 5.02. The summed E-state index contributed by atoms with van der Waals surface area (Å²) in [6, 6.07) is 15.3. The van der Waals surface area contributed by atoms with Crippen LogP contribution in [0.25, 0.3) is 11.8 Å². The van der Waals surface area contributed by atoms with Crippen molar-refractivity contribution in [2.75, 3.05) is 13.4 Å². The first kappa shape index (κ1) is 27.8. The Labute approximate surface area is 247 Å². The number of benzene rings is 2. The number of fused-ring (bicyclic) bond motifs is 2. The Morgan fingerprint density at radius 3 is 2.67 bits per heavy atom. The average molecular weight is 584 g/mol. The first-order valence-electron chi connectivity index (χ1n) is 14.2. The molecular weight excluding hydrogens is 550 g/mol. The topological polar surface area (TPSA) is 84.0 Å². The second-order valence-electron chi connectivity index (χ2n) is 10.5. The van der Waals surface area contributed by atoms with Crippen molar-refractivity contribution in [1.82, 2.24) is 9.13 Å². The van der Waals surface area contributed by atoms with Gasteiger partial charge in [-0.15, -0.1) is 0 Å². The van der Waals surface area contributed by atoms with Gasteiger partial charge in [-0.05, 0) is 87.2 Å². The molecule has 9 heteroatoms. The Balaban J connectivity index is 1.55. The summed E-state index contributed by atoms with van der Waals surface area (Å²) in [5.74, 6) is 0.740. The quantitative estimate of drug-likeness (QED) is 0.285. The summed E-state index contributed by atoms with van der Waals surface area (Å²) in [5, 5.41) is 0. The fourth-order valence-corrected chi connectivity index (χ4v) is 6.77. The molecule has 6 rings (SSSR count). The molecule has 1 atom stereocenters. The zero-order valence-corrected chi connectivity index (χ0v) is 25.2. The van der Waals surface area contributed by atoms with Crippen LogP contribution in [0.4, 0.5) is 0 Å². The van der Waals surface area contributed by atoms with Crippen molar-refractivity contribution >= 4 is 23.4 Å². The SMILES string of the molecule is CCCC1=C(C(=O)OCC)[C@@H](c2ccc3c(c2)OCO3)n2c(s/c(=C/c3cc(C)n(-c4cccc(C)c4)c3C)c2=O)=N1. The van der Waals surface area contributed by atoms with E-state index in [9.17, 15) is 9.59 Å². The number of nitrogens with zero attached hydrogens (tertiary/aromatic N) is 3. The van der Waals surface area contributed by atoms with Gasteiger partial charge in [0.2, 0.25) is 6.79 Å². The minimum absolute atomic E-state index is 0.129. The maximum absolute atomic E-state index is 14.2. The van der Waals surface area contributed by atoms with Crippen LogP contribution < -0.4 is 24.4 Å². The minimum atomic E-state index is -0.710. The predicted molar refractivity (Wildman–Crippen MR) is 162 cm³/mol. The third-order valence-corrected chi connectivity index (χ3v) is 8.60. The van der Waals surface area contributed by atoms with Crippen LogP contribution in [0, 0.1) is 20.8 Å². The molecule has 0 amide bonds. The van der Waals surface area contributed by atoms with E-state index in [-0.39, 0.29) is 19.0 Å². The number of rotatable bonds is 7. The Morgan fingerprint density at radius 1 is 1.10 bits per heavy atom. The normalized spacial score (nSPS) is 16.0. The van der Waals surface area contributed by atoms with Crippen LogP contribution in [-0.4, -0.2) is 28.5 Å². The summed E-state index contributed by atoms with van der Waals surface area (Å²) in [4.78, 5) is 33.1. The molecule has 0 N–H and O–H groups in total. The second-order valence-corrected chi connectivity index (χ2v) is 11.5. The Morgan fingerprint density at radius 2 is 1.90 bits per heavy atom. The fourth-order valence-electron chi connectivity index (χ4n) is 5.76. The summed E-state index contributed by atoms with van der Waals surface area (Å²) < 4.78 is 21.0. The van der Waals surface area contributed by atoms with E-state index in [1.165, 1.54) is 16.9 Å². The van der Waals surface area contributed by atoms with Gasteiger partial charge in [-0.3, -0.25) is 9.36 Å². The highest BCUT2D eigenvalue weighted by molar-refractivity contribution is 7.07. The maximum Gasteiger partial charge on any atom is 0.338 e. The summed E-state index contributed by atoms with van der Waals surface area (Å²) in [6.45, 7) is 10.4. The van der Waals surface area contributed by atoms with Crippen molar-refractivity contribution in [2.45, 2.75) is 53.5 Å². The average Bonchev–Trinajstić information content (AvgIpc) is 3.63. The molecule has 0 saturated carbocycles. The lowest BCUT2D eigenvalue weighted by Gasteiger charge is -2.25. The molecule has 4 aromatic rings. The van der Waals surface area contributed by atoms with Crippen LogP contribution in [0.15, 0.2) is 69.6 Å². The third kappa shape index (κ3) is 4.77. The van der Waals surface area contributed by atoms with Crippen LogP contribution in [-0.2, 0) is 9.53 Å². The summed E-state index contributed by atoms with van der Waals surface area (Å²) >= 11 is 1.34. The lowest BCUT2D eigenvalue weighted by molar-refractivity contribution is -0.139. The van der Waals surface area contributed by atoms with Crippen LogP contribution in [0.5, 0.6) is 11.5 Å². The van der Waals surface area contributed by atoms with Crippen LogP contribution in [0.3, 0.4) is 0 Å². The number of ether oxygens (including phenoxy) is 3. The number of hydrogen-bond donors (Lipinski definition) is 0. The molecule has 0 unspecified atom stereocenters. The highest BCUT2D eigenvalue weighted by Crippen LogP contribution is 2.39. The smallest absolute Gasteiger partial charge is 0.338 e. The molecule has 0 radical (unpaired) electrons. The molecule has 4 heterocycles. The van der Waals surface area contributed by atoms with E-state index in [4.69, 9.17) is 19.2 Å². The number of thiazole rings is 1. The first-order valence-corrected chi connectivity index (χ1v) is 15.0. The molecule has 0 saturated heterocycles. The molecule has 42 heavy (non-hydrogen) atoms. The van der Waals surface area contributed by atoms with E-state index >= 15 is 0 Å². The monoisotopic (exact) mass is 583 g/mol. The second kappa shape index (κ2) is 11.1. The molecule has 8 nitrogen and oxygen atoms in total. The number of aryl methyl sites for hydroxylation is 2. The fraction of sp³-hybridized carbons (Fsp3) is 0.303. The molecule has 2 aromatic heterocycles.